The van der Waals surface area contributed by atoms with Crippen molar-refractivity contribution in [3.63, 3.8) is 0 Å². The third kappa shape index (κ3) is 8.68. The van der Waals surface area contributed by atoms with Crippen LogP contribution >= 0.6 is 11.6 Å². The van der Waals surface area contributed by atoms with Crippen LogP contribution in [-0.4, -0.2) is 50.9 Å². The van der Waals surface area contributed by atoms with Crippen LogP contribution in [0.3, 0.4) is 0 Å². The van der Waals surface area contributed by atoms with Gasteiger partial charge in [0.1, 0.15) is 18.3 Å². The van der Waals surface area contributed by atoms with E-state index in [4.69, 9.17) is 16.3 Å². The van der Waals surface area contributed by atoms with E-state index in [0.717, 1.165) is 21.0 Å². The molecule has 0 aliphatic heterocycles. The van der Waals surface area contributed by atoms with E-state index in [0.29, 0.717) is 12.2 Å². The number of ether oxygens (including phenoxy) is 1. The second-order valence-corrected chi connectivity index (χ2v) is 13.4. The first-order chi connectivity index (χ1) is 22.0. The molecule has 242 valence electrons. The molecule has 0 aromatic heterocycles. The summed E-state index contributed by atoms with van der Waals surface area (Å²) in [7, 11) is -2.79. The van der Waals surface area contributed by atoms with Crippen molar-refractivity contribution in [1.29, 1.82) is 0 Å². The minimum atomic E-state index is -4.25. The SMILES string of the molecule is CC[C@@H](C)NC(=O)[C@@H](Cc1ccccc1)N(Cc1ccccc1)C(=O)CN(c1ccc(OC)c(Cl)c1)S(=O)(=O)c1ccc(C)cc1. The third-order valence-corrected chi connectivity index (χ3v) is 9.86. The highest BCUT2D eigenvalue weighted by Gasteiger charge is 2.35. The van der Waals surface area contributed by atoms with Crippen LogP contribution in [0, 0.1) is 6.92 Å². The van der Waals surface area contributed by atoms with Gasteiger partial charge in [0.2, 0.25) is 11.8 Å². The highest BCUT2D eigenvalue weighted by molar-refractivity contribution is 7.92. The lowest BCUT2D eigenvalue weighted by Crippen LogP contribution is -2.54. The first-order valence-corrected chi connectivity index (χ1v) is 17.0. The molecular weight excluding hydrogens is 622 g/mol. The molecule has 4 aromatic rings. The van der Waals surface area contributed by atoms with Gasteiger partial charge in [0, 0.05) is 19.0 Å². The molecule has 0 bridgehead atoms. The van der Waals surface area contributed by atoms with Gasteiger partial charge in [-0.25, -0.2) is 8.42 Å². The lowest BCUT2D eigenvalue weighted by Gasteiger charge is -2.34. The molecule has 2 amide bonds. The smallest absolute Gasteiger partial charge is 0.264 e. The van der Waals surface area contributed by atoms with E-state index in [9.17, 15) is 18.0 Å². The molecule has 2 atom stereocenters. The molecule has 0 saturated heterocycles. The molecule has 8 nitrogen and oxygen atoms in total. The summed E-state index contributed by atoms with van der Waals surface area (Å²) in [5.74, 6) is -0.505. The number of amides is 2. The molecular formula is C36H40ClN3O5S. The van der Waals surface area contributed by atoms with Crippen molar-refractivity contribution in [1.82, 2.24) is 10.2 Å². The zero-order valence-electron chi connectivity index (χ0n) is 26.5. The fourth-order valence-electron chi connectivity index (χ4n) is 4.95. The van der Waals surface area contributed by atoms with Crippen LogP contribution in [0.5, 0.6) is 5.75 Å². The van der Waals surface area contributed by atoms with Crippen LogP contribution in [0.2, 0.25) is 5.02 Å². The molecule has 0 aliphatic carbocycles. The maximum Gasteiger partial charge on any atom is 0.264 e. The molecule has 0 aliphatic rings. The Kier molecular flexibility index (Phi) is 11.8. The zero-order valence-corrected chi connectivity index (χ0v) is 28.1. The van der Waals surface area contributed by atoms with E-state index in [1.54, 1.807) is 24.3 Å². The fraction of sp³-hybridized carbons (Fsp3) is 0.278. The number of hydrogen-bond acceptors (Lipinski definition) is 5. The van der Waals surface area contributed by atoms with Gasteiger partial charge in [-0.2, -0.15) is 0 Å². The van der Waals surface area contributed by atoms with Crippen LogP contribution in [0.25, 0.3) is 0 Å². The number of halogens is 1. The summed E-state index contributed by atoms with van der Waals surface area (Å²) in [6, 6.07) is 28.7. The first kappa shape index (κ1) is 34.5. The van der Waals surface area contributed by atoms with Crippen molar-refractivity contribution in [2.75, 3.05) is 18.0 Å². The van der Waals surface area contributed by atoms with Crippen LogP contribution in [0.1, 0.15) is 37.0 Å². The summed E-state index contributed by atoms with van der Waals surface area (Å²) >= 11 is 6.45. The Morgan fingerprint density at radius 1 is 0.891 bits per heavy atom. The number of aryl methyl sites for hydroxylation is 1. The molecule has 1 N–H and O–H groups in total. The van der Waals surface area contributed by atoms with Gasteiger partial charge in [0.05, 0.1) is 22.7 Å². The first-order valence-electron chi connectivity index (χ1n) is 15.1. The van der Waals surface area contributed by atoms with Crippen molar-refractivity contribution >= 4 is 39.1 Å². The van der Waals surface area contributed by atoms with Gasteiger partial charge in [-0.3, -0.25) is 13.9 Å². The standard InChI is InChI=1S/C36H40ClN3O5S/c1-5-27(3)38-36(42)33(22-28-12-8-6-9-13-28)39(24-29-14-10-7-11-15-29)35(41)25-40(30-18-21-34(45-4)32(37)23-30)46(43,44)31-19-16-26(2)17-20-31/h6-21,23,27,33H,5,22,24-25H2,1-4H3,(H,38,42)/t27-,33-/m1/s1. The Bertz CT molecular complexity index is 1720. The second-order valence-electron chi connectivity index (χ2n) is 11.2. The average Bonchev–Trinajstić information content (AvgIpc) is 3.06. The molecule has 0 heterocycles. The molecule has 0 radical (unpaired) electrons. The Hall–Kier alpha value is -4.34. The van der Waals surface area contributed by atoms with Gasteiger partial charge >= 0.3 is 0 Å². The van der Waals surface area contributed by atoms with E-state index in [1.807, 2.05) is 81.4 Å². The van der Waals surface area contributed by atoms with Gasteiger partial charge < -0.3 is 15.0 Å². The van der Waals surface area contributed by atoms with Crippen molar-refractivity contribution in [2.24, 2.45) is 0 Å². The molecule has 4 rings (SSSR count). The quantitative estimate of drug-likeness (QED) is 0.169. The average molecular weight is 662 g/mol. The minimum absolute atomic E-state index is 0.0165. The number of methoxy groups -OCH3 is 1. The zero-order chi connectivity index (χ0) is 33.3. The summed E-state index contributed by atoms with van der Waals surface area (Å²) in [6.07, 6.45) is 0.942. The molecule has 0 fully saturated rings. The van der Waals surface area contributed by atoms with E-state index < -0.39 is 28.5 Å². The number of nitrogens with zero attached hydrogens (tertiary/aromatic N) is 2. The number of carbonyl (C=O) groups excluding carboxylic acids is 2. The number of rotatable bonds is 14. The van der Waals surface area contributed by atoms with Gasteiger partial charge in [-0.1, -0.05) is 96.9 Å². The van der Waals surface area contributed by atoms with Crippen LogP contribution in [0.15, 0.2) is 108 Å². The highest BCUT2D eigenvalue weighted by atomic mass is 35.5. The molecule has 46 heavy (non-hydrogen) atoms. The molecule has 0 saturated carbocycles. The van der Waals surface area contributed by atoms with Gasteiger partial charge in [0.25, 0.3) is 10.0 Å². The molecule has 0 spiro atoms. The predicted octanol–water partition coefficient (Wildman–Crippen LogP) is 6.41. The highest BCUT2D eigenvalue weighted by Crippen LogP contribution is 2.32. The number of nitrogens with one attached hydrogen (secondary N) is 1. The van der Waals surface area contributed by atoms with Gasteiger partial charge in [-0.05, 0) is 61.7 Å². The van der Waals surface area contributed by atoms with Crippen LogP contribution < -0.4 is 14.4 Å². The van der Waals surface area contributed by atoms with Crippen LogP contribution in [0.4, 0.5) is 5.69 Å². The molecule has 0 unspecified atom stereocenters. The van der Waals surface area contributed by atoms with E-state index in [2.05, 4.69) is 5.32 Å². The summed E-state index contributed by atoms with van der Waals surface area (Å²) < 4.78 is 34.7. The Balaban J connectivity index is 1.82. The Morgan fingerprint density at radius 3 is 2.07 bits per heavy atom. The van der Waals surface area contributed by atoms with Crippen molar-refractivity contribution in [3.05, 3.63) is 125 Å². The lowest BCUT2D eigenvalue weighted by atomic mass is 10.0. The number of anilines is 1. The van der Waals surface area contributed by atoms with Gasteiger partial charge in [0.15, 0.2) is 0 Å². The fourth-order valence-corrected chi connectivity index (χ4v) is 6.61. The van der Waals surface area contributed by atoms with Crippen molar-refractivity contribution in [2.45, 2.75) is 57.1 Å². The Morgan fingerprint density at radius 2 is 1.50 bits per heavy atom. The number of sulfonamides is 1. The number of carbonyl (C=O) groups is 2. The summed E-state index contributed by atoms with van der Waals surface area (Å²) in [4.78, 5) is 29.9. The summed E-state index contributed by atoms with van der Waals surface area (Å²) in [6.45, 7) is 5.25. The van der Waals surface area contributed by atoms with Gasteiger partial charge in [-0.15, -0.1) is 0 Å². The maximum absolute atomic E-state index is 14.5. The topological polar surface area (TPSA) is 96.0 Å². The number of hydrogen-bond donors (Lipinski definition) is 1. The summed E-state index contributed by atoms with van der Waals surface area (Å²) in [5.41, 5.74) is 2.73. The van der Waals surface area contributed by atoms with E-state index in [-0.39, 0.29) is 40.5 Å². The minimum Gasteiger partial charge on any atom is -0.495 e. The maximum atomic E-state index is 14.5. The molecule has 10 heteroatoms. The van der Waals surface area contributed by atoms with E-state index >= 15 is 0 Å². The molecule has 4 aromatic carbocycles. The normalized spacial score (nSPS) is 12.5. The largest absolute Gasteiger partial charge is 0.495 e. The van der Waals surface area contributed by atoms with E-state index in [1.165, 1.54) is 30.2 Å². The number of benzene rings is 4. The second kappa shape index (κ2) is 15.8. The Labute approximate surface area is 277 Å². The summed E-state index contributed by atoms with van der Waals surface area (Å²) in [5, 5.41) is 3.23. The van der Waals surface area contributed by atoms with Crippen LogP contribution in [-0.2, 0) is 32.6 Å². The monoisotopic (exact) mass is 661 g/mol. The van der Waals surface area contributed by atoms with Crippen molar-refractivity contribution < 1.29 is 22.7 Å². The lowest BCUT2D eigenvalue weighted by molar-refractivity contribution is -0.140. The van der Waals surface area contributed by atoms with Crippen molar-refractivity contribution in [3.8, 4) is 5.75 Å². The predicted molar refractivity (Wildman–Crippen MR) is 183 cm³/mol. The third-order valence-electron chi connectivity index (χ3n) is 7.78.